The van der Waals surface area contributed by atoms with Crippen molar-refractivity contribution in [1.29, 1.82) is 0 Å². The fourth-order valence-electron chi connectivity index (χ4n) is 2.81. The maximum absolute atomic E-state index is 6.04. The van der Waals surface area contributed by atoms with Crippen molar-refractivity contribution in [2.75, 3.05) is 12.3 Å². The van der Waals surface area contributed by atoms with Gasteiger partial charge in [0.05, 0.1) is 12.3 Å². The van der Waals surface area contributed by atoms with E-state index in [0.29, 0.717) is 18.3 Å². The summed E-state index contributed by atoms with van der Waals surface area (Å²) in [7, 11) is 0. The average Bonchev–Trinajstić information content (AvgIpc) is 2.87. The Hall–Kier alpha value is -2.04. The van der Waals surface area contributed by atoms with E-state index in [-0.39, 0.29) is 0 Å². The summed E-state index contributed by atoms with van der Waals surface area (Å²) >= 11 is 0. The number of rotatable bonds is 3. The number of nitrogen functional groups attached to an aromatic ring is 1. The second-order valence-electron chi connectivity index (χ2n) is 5.24. The highest BCUT2D eigenvalue weighted by Crippen LogP contribution is 2.32. The Labute approximate surface area is 118 Å². The second kappa shape index (κ2) is 5.15. The molecule has 5 nitrogen and oxygen atoms in total. The molecule has 0 amide bonds. The maximum Gasteiger partial charge on any atom is 0.164 e. The van der Waals surface area contributed by atoms with Crippen LogP contribution in [0.25, 0.3) is 11.4 Å². The van der Waals surface area contributed by atoms with Crippen LogP contribution < -0.4 is 10.5 Å². The van der Waals surface area contributed by atoms with Crippen molar-refractivity contribution >= 4 is 5.69 Å². The molecule has 1 aromatic heterocycles. The number of anilines is 1. The zero-order valence-electron chi connectivity index (χ0n) is 12.0. The largest absolute Gasteiger partial charge is 0.492 e. The Morgan fingerprint density at radius 2 is 2.25 bits per heavy atom. The van der Waals surface area contributed by atoms with E-state index in [1.54, 1.807) is 0 Å². The van der Waals surface area contributed by atoms with E-state index in [1.807, 2.05) is 25.1 Å². The first kappa shape index (κ1) is 13.0. The molecule has 2 aromatic rings. The highest BCUT2D eigenvalue weighted by Gasteiger charge is 2.22. The first-order valence-electron chi connectivity index (χ1n) is 7.17. The molecule has 2 heterocycles. The van der Waals surface area contributed by atoms with E-state index in [1.165, 1.54) is 12.8 Å². The van der Waals surface area contributed by atoms with Gasteiger partial charge in [-0.25, -0.2) is 0 Å². The van der Waals surface area contributed by atoms with Crippen molar-refractivity contribution in [3.05, 3.63) is 24.0 Å². The highest BCUT2D eigenvalue weighted by atomic mass is 16.5. The molecular weight excluding hydrogens is 252 g/mol. The lowest BCUT2D eigenvalue weighted by Gasteiger charge is -2.22. The second-order valence-corrected chi connectivity index (χ2v) is 5.24. The molecule has 1 unspecified atom stereocenters. The van der Waals surface area contributed by atoms with Gasteiger partial charge in [-0.1, -0.05) is 0 Å². The van der Waals surface area contributed by atoms with E-state index in [2.05, 4.69) is 21.7 Å². The Balaban J connectivity index is 2.02. The molecule has 1 aliphatic rings. The molecule has 1 aliphatic heterocycles. The molecule has 0 fully saturated rings. The summed E-state index contributed by atoms with van der Waals surface area (Å²) in [4.78, 5) is 0. The minimum atomic E-state index is 0.441. The number of ether oxygens (including phenoxy) is 1. The predicted molar refractivity (Wildman–Crippen MR) is 78.7 cm³/mol. The van der Waals surface area contributed by atoms with Crippen LogP contribution in [0.1, 0.15) is 38.6 Å². The molecule has 106 valence electrons. The van der Waals surface area contributed by atoms with Gasteiger partial charge in [-0.3, -0.25) is 0 Å². The van der Waals surface area contributed by atoms with Gasteiger partial charge in [0.1, 0.15) is 11.6 Å². The molecule has 3 rings (SSSR count). The van der Waals surface area contributed by atoms with Crippen LogP contribution in [0.5, 0.6) is 5.75 Å². The number of hydrogen-bond acceptors (Lipinski definition) is 4. The Morgan fingerprint density at radius 3 is 3.00 bits per heavy atom. The summed E-state index contributed by atoms with van der Waals surface area (Å²) in [6.45, 7) is 4.78. The summed E-state index contributed by atoms with van der Waals surface area (Å²) in [5.74, 6) is 2.70. The third-order valence-electron chi connectivity index (χ3n) is 3.80. The van der Waals surface area contributed by atoms with Crippen LogP contribution in [0.3, 0.4) is 0 Å². The molecule has 0 saturated heterocycles. The van der Waals surface area contributed by atoms with Gasteiger partial charge >= 0.3 is 0 Å². The van der Waals surface area contributed by atoms with Crippen LogP contribution in [0.15, 0.2) is 18.2 Å². The van der Waals surface area contributed by atoms with Crippen LogP contribution >= 0.6 is 0 Å². The fourth-order valence-corrected chi connectivity index (χ4v) is 2.81. The maximum atomic E-state index is 6.04. The summed E-state index contributed by atoms with van der Waals surface area (Å²) in [5, 5.41) is 8.66. The van der Waals surface area contributed by atoms with E-state index in [4.69, 9.17) is 10.5 Å². The normalized spacial score (nSPS) is 17.8. The van der Waals surface area contributed by atoms with Crippen LogP contribution in [-0.2, 0) is 6.42 Å². The molecule has 0 spiro atoms. The average molecular weight is 272 g/mol. The number of hydrogen-bond donors (Lipinski definition) is 1. The van der Waals surface area contributed by atoms with Crippen LogP contribution in [0.4, 0.5) is 5.69 Å². The van der Waals surface area contributed by atoms with Gasteiger partial charge < -0.3 is 15.0 Å². The highest BCUT2D eigenvalue weighted by molar-refractivity contribution is 5.66. The Bertz CT molecular complexity index is 620. The molecule has 0 radical (unpaired) electrons. The lowest BCUT2D eigenvalue weighted by atomic mass is 10.0. The van der Waals surface area contributed by atoms with E-state index >= 15 is 0 Å². The first-order valence-corrected chi connectivity index (χ1v) is 7.17. The van der Waals surface area contributed by atoms with Crippen LogP contribution in [0, 0.1) is 0 Å². The molecule has 0 aliphatic carbocycles. The van der Waals surface area contributed by atoms with Gasteiger partial charge in [0, 0.05) is 18.0 Å². The van der Waals surface area contributed by atoms with Gasteiger partial charge in [-0.05, 0) is 44.9 Å². The van der Waals surface area contributed by atoms with E-state index in [0.717, 1.165) is 29.4 Å². The Morgan fingerprint density at radius 1 is 1.40 bits per heavy atom. The zero-order valence-corrected chi connectivity index (χ0v) is 12.0. The van der Waals surface area contributed by atoms with Crippen molar-refractivity contribution in [1.82, 2.24) is 14.8 Å². The topological polar surface area (TPSA) is 66.0 Å². The van der Waals surface area contributed by atoms with Gasteiger partial charge in [0.2, 0.25) is 0 Å². The summed E-state index contributed by atoms with van der Waals surface area (Å²) < 4.78 is 7.71. The van der Waals surface area contributed by atoms with Crippen molar-refractivity contribution in [3.63, 3.8) is 0 Å². The van der Waals surface area contributed by atoms with Gasteiger partial charge in [-0.2, -0.15) is 0 Å². The molecule has 2 N–H and O–H groups in total. The molecule has 1 atom stereocenters. The molecule has 5 heteroatoms. The lowest BCUT2D eigenvalue weighted by Crippen LogP contribution is -2.16. The van der Waals surface area contributed by atoms with Crippen molar-refractivity contribution in [2.45, 2.75) is 39.2 Å². The standard InChI is InChI=1S/C15H20N4O/c1-3-20-13-8-7-11(9-12(13)16)15-18-17-14-6-4-5-10(2)19(14)15/h7-10H,3-6,16H2,1-2H3. The number of aryl methyl sites for hydroxylation is 1. The molecule has 0 bridgehead atoms. The number of aromatic nitrogens is 3. The summed E-state index contributed by atoms with van der Waals surface area (Å²) in [6, 6.07) is 6.27. The van der Waals surface area contributed by atoms with Crippen molar-refractivity contribution < 1.29 is 4.74 Å². The smallest absolute Gasteiger partial charge is 0.164 e. The van der Waals surface area contributed by atoms with Crippen LogP contribution in [-0.4, -0.2) is 21.4 Å². The number of nitrogens with zero attached hydrogens (tertiary/aromatic N) is 3. The SMILES string of the molecule is CCOc1ccc(-c2nnc3n2C(C)CCC3)cc1N. The van der Waals surface area contributed by atoms with E-state index in [9.17, 15) is 0 Å². The molecular formula is C15H20N4O. The first-order chi connectivity index (χ1) is 9.70. The number of fused-ring (bicyclic) bond motifs is 1. The fraction of sp³-hybridized carbons (Fsp3) is 0.467. The van der Waals surface area contributed by atoms with Gasteiger partial charge in [-0.15, -0.1) is 10.2 Å². The van der Waals surface area contributed by atoms with Crippen molar-refractivity contribution in [3.8, 4) is 17.1 Å². The van der Waals surface area contributed by atoms with E-state index < -0.39 is 0 Å². The van der Waals surface area contributed by atoms with Gasteiger partial charge in [0.25, 0.3) is 0 Å². The summed E-state index contributed by atoms with van der Waals surface area (Å²) in [6.07, 6.45) is 3.36. The molecule has 20 heavy (non-hydrogen) atoms. The minimum absolute atomic E-state index is 0.441. The third kappa shape index (κ3) is 2.13. The monoisotopic (exact) mass is 272 g/mol. The third-order valence-corrected chi connectivity index (χ3v) is 3.80. The summed E-state index contributed by atoms with van der Waals surface area (Å²) in [5.41, 5.74) is 7.68. The van der Waals surface area contributed by atoms with Crippen molar-refractivity contribution in [2.24, 2.45) is 0 Å². The number of nitrogens with two attached hydrogens (primary N) is 1. The van der Waals surface area contributed by atoms with Gasteiger partial charge in [0.15, 0.2) is 5.82 Å². The molecule has 1 aromatic carbocycles. The Kier molecular flexibility index (Phi) is 3.34. The van der Waals surface area contributed by atoms with Crippen LogP contribution in [0.2, 0.25) is 0 Å². The quantitative estimate of drug-likeness (QED) is 0.872. The minimum Gasteiger partial charge on any atom is -0.492 e. The zero-order chi connectivity index (χ0) is 14.1. The lowest BCUT2D eigenvalue weighted by molar-refractivity contribution is 0.342. The molecule has 0 saturated carbocycles. The number of benzene rings is 1. The predicted octanol–water partition coefficient (Wildman–Crippen LogP) is 2.82.